The van der Waals surface area contributed by atoms with Crippen LogP contribution in [0.3, 0.4) is 0 Å². The molecule has 1 saturated heterocycles. The number of hydrogen-bond acceptors (Lipinski definition) is 4. The first-order valence-electron chi connectivity index (χ1n) is 5.32. The van der Waals surface area contributed by atoms with E-state index in [4.69, 9.17) is 4.74 Å². The molecule has 0 unspecified atom stereocenters. The van der Waals surface area contributed by atoms with E-state index in [0.29, 0.717) is 5.69 Å². The Morgan fingerprint density at radius 3 is 2.67 bits per heavy atom. The molecule has 1 aromatic rings. The zero-order chi connectivity index (χ0) is 13.2. The van der Waals surface area contributed by atoms with Gasteiger partial charge in [0.05, 0.1) is 20.3 Å². The molecule has 5 nitrogen and oxygen atoms in total. The zero-order valence-electron chi connectivity index (χ0n) is 9.73. The number of carbonyl (C=O) groups excluding carboxylic acids is 2. The molecule has 1 fully saturated rings. The third-order valence-corrected chi connectivity index (χ3v) is 3.28. The summed E-state index contributed by atoms with van der Waals surface area (Å²) in [6, 6.07) is 7.13. The summed E-state index contributed by atoms with van der Waals surface area (Å²) in [6.45, 7) is 0.110. The standard InChI is InChI=1S/C12H12BrNO4/c1-17-11(16)12(6-18-7-12)10(15)14-9-4-2-3-8(13)5-9/h2-5H,6-7H2,1H3,(H,14,15). The van der Waals surface area contributed by atoms with Gasteiger partial charge in [0.25, 0.3) is 0 Å². The monoisotopic (exact) mass is 313 g/mol. The number of rotatable bonds is 3. The topological polar surface area (TPSA) is 64.6 Å². The Hall–Kier alpha value is -1.40. The van der Waals surface area contributed by atoms with Crippen LogP contribution in [0.25, 0.3) is 0 Å². The maximum atomic E-state index is 12.1. The number of ether oxygens (including phenoxy) is 2. The van der Waals surface area contributed by atoms with Gasteiger partial charge < -0.3 is 14.8 Å². The van der Waals surface area contributed by atoms with Gasteiger partial charge in [0.1, 0.15) is 0 Å². The van der Waals surface area contributed by atoms with E-state index in [1.165, 1.54) is 7.11 Å². The van der Waals surface area contributed by atoms with Gasteiger partial charge in [-0.3, -0.25) is 9.59 Å². The van der Waals surface area contributed by atoms with Crippen molar-refractivity contribution in [2.45, 2.75) is 0 Å². The second kappa shape index (κ2) is 5.07. The van der Waals surface area contributed by atoms with E-state index in [2.05, 4.69) is 26.0 Å². The SMILES string of the molecule is COC(=O)C1(C(=O)Nc2cccc(Br)c2)COC1. The largest absolute Gasteiger partial charge is 0.468 e. The Labute approximate surface area is 113 Å². The van der Waals surface area contributed by atoms with Crippen LogP contribution in [0.4, 0.5) is 5.69 Å². The summed E-state index contributed by atoms with van der Waals surface area (Å²) in [4.78, 5) is 23.8. The van der Waals surface area contributed by atoms with Crippen LogP contribution < -0.4 is 5.32 Å². The summed E-state index contributed by atoms with van der Waals surface area (Å²) < 4.78 is 10.5. The minimum absolute atomic E-state index is 0.0551. The third kappa shape index (κ3) is 2.26. The molecule has 96 valence electrons. The Kier molecular flexibility index (Phi) is 3.68. The first-order chi connectivity index (χ1) is 8.58. The molecule has 1 heterocycles. The van der Waals surface area contributed by atoms with Gasteiger partial charge in [0, 0.05) is 10.2 Å². The molecule has 1 N–H and O–H groups in total. The number of halogens is 1. The van der Waals surface area contributed by atoms with E-state index < -0.39 is 17.3 Å². The van der Waals surface area contributed by atoms with Gasteiger partial charge in [-0.2, -0.15) is 0 Å². The number of hydrogen-bond donors (Lipinski definition) is 1. The van der Waals surface area contributed by atoms with E-state index >= 15 is 0 Å². The van der Waals surface area contributed by atoms with Crippen molar-refractivity contribution in [2.75, 3.05) is 25.6 Å². The average Bonchev–Trinajstić information content (AvgIpc) is 2.27. The van der Waals surface area contributed by atoms with Gasteiger partial charge in [-0.15, -0.1) is 0 Å². The quantitative estimate of drug-likeness (QED) is 0.679. The first-order valence-corrected chi connectivity index (χ1v) is 6.11. The van der Waals surface area contributed by atoms with Gasteiger partial charge in [-0.05, 0) is 18.2 Å². The maximum absolute atomic E-state index is 12.1. The predicted octanol–water partition coefficient (Wildman–Crippen LogP) is 1.58. The number of methoxy groups -OCH3 is 1. The van der Waals surface area contributed by atoms with E-state index in [9.17, 15) is 9.59 Å². The molecule has 0 bridgehead atoms. The number of benzene rings is 1. The van der Waals surface area contributed by atoms with E-state index in [0.717, 1.165) is 4.47 Å². The lowest BCUT2D eigenvalue weighted by atomic mass is 9.85. The van der Waals surface area contributed by atoms with Crippen molar-refractivity contribution < 1.29 is 19.1 Å². The summed E-state index contributed by atoms with van der Waals surface area (Å²) in [5.41, 5.74) is -0.596. The lowest BCUT2D eigenvalue weighted by Gasteiger charge is -2.36. The summed E-state index contributed by atoms with van der Waals surface area (Å²) in [5, 5.41) is 2.69. The van der Waals surface area contributed by atoms with Crippen molar-refractivity contribution in [2.24, 2.45) is 5.41 Å². The molecule has 1 aliphatic heterocycles. The zero-order valence-corrected chi connectivity index (χ0v) is 11.3. The van der Waals surface area contributed by atoms with Crippen LogP contribution in [0.15, 0.2) is 28.7 Å². The molecule has 2 rings (SSSR count). The summed E-state index contributed by atoms with van der Waals surface area (Å²) in [5.74, 6) is -0.972. The fourth-order valence-corrected chi connectivity index (χ4v) is 2.06. The first kappa shape index (κ1) is 13.0. The molecule has 0 aliphatic carbocycles. The highest BCUT2D eigenvalue weighted by Crippen LogP contribution is 2.31. The highest BCUT2D eigenvalue weighted by molar-refractivity contribution is 9.10. The molecule has 0 atom stereocenters. The number of carbonyl (C=O) groups is 2. The van der Waals surface area contributed by atoms with Gasteiger partial charge >= 0.3 is 5.97 Å². The van der Waals surface area contributed by atoms with Crippen molar-refractivity contribution in [3.05, 3.63) is 28.7 Å². The van der Waals surface area contributed by atoms with E-state index in [-0.39, 0.29) is 13.2 Å². The second-order valence-corrected chi connectivity index (χ2v) is 4.95. The van der Waals surface area contributed by atoms with Gasteiger partial charge in [-0.1, -0.05) is 22.0 Å². The molecule has 0 saturated carbocycles. The number of amides is 1. The van der Waals surface area contributed by atoms with Crippen LogP contribution in [-0.4, -0.2) is 32.2 Å². The number of esters is 1. The highest BCUT2D eigenvalue weighted by atomic mass is 79.9. The highest BCUT2D eigenvalue weighted by Gasteiger charge is 2.54. The molecule has 0 aromatic heterocycles. The third-order valence-electron chi connectivity index (χ3n) is 2.79. The van der Waals surface area contributed by atoms with Crippen LogP contribution in [0.5, 0.6) is 0 Å². The van der Waals surface area contributed by atoms with Gasteiger partial charge in [0.15, 0.2) is 5.41 Å². The lowest BCUT2D eigenvalue weighted by Crippen LogP contribution is -2.57. The smallest absolute Gasteiger partial charge is 0.326 e. The molecule has 0 spiro atoms. The fraction of sp³-hybridized carbons (Fsp3) is 0.333. The fourth-order valence-electron chi connectivity index (χ4n) is 1.66. The number of nitrogens with one attached hydrogen (secondary N) is 1. The predicted molar refractivity (Wildman–Crippen MR) is 68.0 cm³/mol. The minimum Gasteiger partial charge on any atom is -0.468 e. The molecular formula is C12H12BrNO4. The van der Waals surface area contributed by atoms with Crippen molar-refractivity contribution in [3.8, 4) is 0 Å². The molecule has 0 radical (unpaired) electrons. The Morgan fingerprint density at radius 1 is 1.44 bits per heavy atom. The molecule has 1 aliphatic rings. The van der Waals surface area contributed by atoms with E-state index in [1.54, 1.807) is 18.2 Å². The minimum atomic E-state index is -1.21. The molecule has 6 heteroatoms. The Morgan fingerprint density at radius 2 is 2.17 bits per heavy atom. The number of anilines is 1. The van der Waals surface area contributed by atoms with Crippen LogP contribution in [-0.2, 0) is 19.1 Å². The maximum Gasteiger partial charge on any atom is 0.326 e. The lowest BCUT2D eigenvalue weighted by molar-refractivity contribution is -0.185. The molecule has 1 aromatic carbocycles. The molecular weight excluding hydrogens is 302 g/mol. The molecule has 1 amide bonds. The van der Waals surface area contributed by atoms with Gasteiger partial charge in [-0.25, -0.2) is 0 Å². The van der Waals surface area contributed by atoms with Crippen molar-refractivity contribution >= 4 is 33.5 Å². The van der Waals surface area contributed by atoms with Gasteiger partial charge in [0.2, 0.25) is 5.91 Å². The summed E-state index contributed by atoms with van der Waals surface area (Å²) in [6.07, 6.45) is 0. The summed E-state index contributed by atoms with van der Waals surface area (Å²) in [7, 11) is 1.26. The Bertz CT molecular complexity index is 485. The van der Waals surface area contributed by atoms with Crippen LogP contribution in [0.1, 0.15) is 0 Å². The van der Waals surface area contributed by atoms with Crippen molar-refractivity contribution in [1.82, 2.24) is 0 Å². The second-order valence-electron chi connectivity index (χ2n) is 4.03. The normalized spacial score (nSPS) is 16.6. The van der Waals surface area contributed by atoms with Crippen molar-refractivity contribution in [1.29, 1.82) is 0 Å². The average molecular weight is 314 g/mol. The Balaban J connectivity index is 2.14. The molecule has 18 heavy (non-hydrogen) atoms. The van der Waals surface area contributed by atoms with Crippen LogP contribution >= 0.6 is 15.9 Å². The van der Waals surface area contributed by atoms with Crippen LogP contribution in [0, 0.1) is 5.41 Å². The van der Waals surface area contributed by atoms with Crippen LogP contribution in [0.2, 0.25) is 0 Å². The summed E-state index contributed by atoms with van der Waals surface area (Å²) >= 11 is 3.31. The van der Waals surface area contributed by atoms with Crippen molar-refractivity contribution in [3.63, 3.8) is 0 Å². The van der Waals surface area contributed by atoms with E-state index in [1.807, 2.05) is 6.07 Å².